The molecule has 2 saturated carbocycles. The number of hydrogen-bond acceptors (Lipinski definition) is 5. The highest BCUT2D eigenvalue weighted by atomic mass is 15.2. The van der Waals surface area contributed by atoms with Crippen molar-refractivity contribution in [1.29, 1.82) is 0 Å². The largest absolute Gasteiger partial charge is 0.368 e. The van der Waals surface area contributed by atoms with Crippen molar-refractivity contribution in [3.05, 3.63) is 6.33 Å². The fourth-order valence-corrected chi connectivity index (χ4v) is 3.60. The summed E-state index contributed by atoms with van der Waals surface area (Å²) >= 11 is 0. The lowest BCUT2D eigenvalue weighted by atomic mass is 9.84. The second kappa shape index (κ2) is 4.13. The molecule has 2 fully saturated rings. The molecule has 0 radical (unpaired) electrons. The highest BCUT2D eigenvalue weighted by Crippen LogP contribution is 2.49. The Hall–Kier alpha value is -1.39. The molecule has 4 atom stereocenters. The summed E-state index contributed by atoms with van der Waals surface area (Å²) in [4.78, 5) is 12.0. The average Bonchev–Trinajstić information content (AvgIpc) is 2.90. The van der Waals surface area contributed by atoms with E-state index in [2.05, 4.69) is 27.2 Å². The SMILES string of the molecule is CC(Nc1ncnc(N)n1)C1CC2CCC1C2. The fourth-order valence-electron chi connectivity index (χ4n) is 3.60. The van der Waals surface area contributed by atoms with Crippen LogP contribution in [0.25, 0.3) is 0 Å². The van der Waals surface area contributed by atoms with E-state index < -0.39 is 0 Å². The molecule has 1 aromatic heterocycles. The quantitative estimate of drug-likeness (QED) is 0.830. The van der Waals surface area contributed by atoms with Gasteiger partial charge in [0.1, 0.15) is 6.33 Å². The summed E-state index contributed by atoms with van der Waals surface area (Å²) in [5.41, 5.74) is 5.55. The predicted molar refractivity (Wildman–Crippen MR) is 66.3 cm³/mol. The van der Waals surface area contributed by atoms with Gasteiger partial charge in [0.05, 0.1) is 0 Å². The maximum atomic E-state index is 5.55. The van der Waals surface area contributed by atoms with E-state index in [9.17, 15) is 0 Å². The van der Waals surface area contributed by atoms with Gasteiger partial charge in [-0.15, -0.1) is 0 Å². The maximum Gasteiger partial charge on any atom is 0.227 e. The summed E-state index contributed by atoms with van der Waals surface area (Å²) in [5.74, 6) is 3.53. The monoisotopic (exact) mass is 233 g/mol. The zero-order chi connectivity index (χ0) is 11.8. The molecule has 92 valence electrons. The molecule has 0 aliphatic heterocycles. The average molecular weight is 233 g/mol. The van der Waals surface area contributed by atoms with E-state index in [1.165, 1.54) is 32.0 Å². The van der Waals surface area contributed by atoms with Crippen molar-refractivity contribution in [2.45, 2.75) is 38.6 Å². The number of nitrogens with zero attached hydrogens (tertiary/aromatic N) is 3. The molecule has 0 saturated heterocycles. The molecular formula is C12H19N5. The minimum atomic E-state index is 0.280. The Morgan fingerprint density at radius 3 is 2.88 bits per heavy atom. The molecule has 4 unspecified atom stereocenters. The minimum Gasteiger partial charge on any atom is -0.368 e. The molecule has 3 rings (SSSR count). The van der Waals surface area contributed by atoms with Crippen LogP contribution in [0.15, 0.2) is 6.33 Å². The van der Waals surface area contributed by atoms with Gasteiger partial charge in [0.15, 0.2) is 0 Å². The Morgan fingerprint density at radius 2 is 2.24 bits per heavy atom. The normalized spacial score (nSPS) is 32.6. The van der Waals surface area contributed by atoms with Gasteiger partial charge in [-0.2, -0.15) is 4.98 Å². The topological polar surface area (TPSA) is 76.7 Å². The third-order valence-corrected chi connectivity index (χ3v) is 4.38. The van der Waals surface area contributed by atoms with E-state index in [0.717, 1.165) is 17.8 Å². The number of nitrogens with two attached hydrogens (primary N) is 1. The minimum absolute atomic E-state index is 0.280. The lowest BCUT2D eigenvalue weighted by Crippen LogP contribution is -2.30. The van der Waals surface area contributed by atoms with Gasteiger partial charge in [-0.3, -0.25) is 0 Å². The summed E-state index contributed by atoms with van der Waals surface area (Å²) in [6.07, 6.45) is 7.08. The number of nitrogens with one attached hydrogen (secondary N) is 1. The molecule has 3 N–H and O–H groups in total. The van der Waals surface area contributed by atoms with Crippen LogP contribution in [0.5, 0.6) is 0 Å². The molecule has 2 bridgehead atoms. The number of rotatable bonds is 3. The Bertz CT molecular complexity index is 408. The summed E-state index contributed by atoms with van der Waals surface area (Å²) < 4.78 is 0. The smallest absolute Gasteiger partial charge is 0.227 e. The molecule has 17 heavy (non-hydrogen) atoms. The van der Waals surface area contributed by atoms with E-state index >= 15 is 0 Å². The van der Waals surface area contributed by atoms with E-state index in [-0.39, 0.29) is 5.95 Å². The molecule has 2 aliphatic rings. The Morgan fingerprint density at radius 1 is 1.35 bits per heavy atom. The van der Waals surface area contributed by atoms with Crippen molar-refractivity contribution < 1.29 is 0 Å². The van der Waals surface area contributed by atoms with Gasteiger partial charge in [-0.05, 0) is 43.9 Å². The van der Waals surface area contributed by atoms with Crippen LogP contribution in [0.1, 0.15) is 32.6 Å². The first-order valence-corrected chi connectivity index (χ1v) is 6.43. The highest BCUT2D eigenvalue weighted by molar-refractivity contribution is 5.30. The van der Waals surface area contributed by atoms with E-state index in [4.69, 9.17) is 5.73 Å². The van der Waals surface area contributed by atoms with Gasteiger partial charge < -0.3 is 11.1 Å². The molecule has 1 aromatic rings. The van der Waals surface area contributed by atoms with E-state index in [1.807, 2.05) is 0 Å². The predicted octanol–water partition coefficient (Wildman–Crippen LogP) is 1.69. The number of hydrogen-bond donors (Lipinski definition) is 2. The van der Waals surface area contributed by atoms with Crippen molar-refractivity contribution in [2.24, 2.45) is 17.8 Å². The van der Waals surface area contributed by atoms with Crippen LogP contribution >= 0.6 is 0 Å². The van der Waals surface area contributed by atoms with E-state index in [0.29, 0.717) is 12.0 Å². The lowest BCUT2D eigenvalue weighted by molar-refractivity contribution is 0.303. The van der Waals surface area contributed by atoms with Crippen LogP contribution in [-0.4, -0.2) is 21.0 Å². The molecule has 2 aliphatic carbocycles. The second-order valence-electron chi connectivity index (χ2n) is 5.44. The molecule has 0 amide bonds. The van der Waals surface area contributed by atoms with Crippen LogP contribution in [0, 0.1) is 17.8 Å². The summed E-state index contributed by atoms with van der Waals surface area (Å²) in [6.45, 7) is 2.23. The lowest BCUT2D eigenvalue weighted by Gasteiger charge is -2.28. The van der Waals surface area contributed by atoms with Gasteiger partial charge >= 0.3 is 0 Å². The van der Waals surface area contributed by atoms with Crippen molar-refractivity contribution in [3.8, 4) is 0 Å². The van der Waals surface area contributed by atoms with E-state index in [1.54, 1.807) is 0 Å². The first-order chi connectivity index (χ1) is 8.22. The number of aromatic nitrogens is 3. The molecule has 0 aromatic carbocycles. The van der Waals surface area contributed by atoms with Gasteiger partial charge in [-0.25, -0.2) is 9.97 Å². The number of fused-ring (bicyclic) bond motifs is 2. The molecule has 5 nitrogen and oxygen atoms in total. The fraction of sp³-hybridized carbons (Fsp3) is 0.750. The number of nitrogen functional groups attached to an aromatic ring is 1. The van der Waals surface area contributed by atoms with Gasteiger partial charge in [-0.1, -0.05) is 6.42 Å². The van der Waals surface area contributed by atoms with Gasteiger partial charge in [0, 0.05) is 6.04 Å². The first-order valence-electron chi connectivity index (χ1n) is 6.43. The molecule has 5 heteroatoms. The highest BCUT2D eigenvalue weighted by Gasteiger charge is 2.41. The van der Waals surface area contributed by atoms with Crippen molar-refractivity contribution in [1.82, 2.24) is 15.0 Å². The zero-order valence-electron chi connectivity index (χ0n) is 10.1. The first kappa shape index (κ1) is 10.7. The summed E-state index contributed by atoms with van der Waals surface area (Å²) in [7, 11) is 0. The standard InChI is InChI=1S/C12H19N5/c1-7(10-5-8-2-3-9(10)4-8)16-12-15-6-14-11(13)17-12/h6-10H,2-5H2,1H3,(H3,13,14,15,16,17). The Balaban J connectivity index is 1.65. The van der Waals surface area contributed by atoms with Crippen molar-refractivity contribution >= 4 is 11.9 Å². The third kappa shape index (κ3) is 2.06. The van der Waals surface area contributed by atoms with Crippen molar-refractivity contribution in [3.63, 3.8) is 0 Å². The Labute approximate surface area is 101 Å². The van der Waals surface area contributed by atoms with Gasteiger partial charge in [0.2, 0.25) is 11.9 Å². The second-order valence-corrected chi connectivity index (χ2v) is 5.44. The Kier molecular flexibility index (Phi) is 2.61. The summed E-state index contributed by atoms with van der Waals surface area (Å²) in [5, 5.41) is 3.37. The van der Waals surface area contributed by atoms with Crippen LogP contribution < -0.4 is 11.1 Å². The van der Waals surface area contributed by atoms with Crippen LogP contribution in [-0.2, 0) is 0 Å². The molecular weight excluding hydrogens is 214 g/mol. The van der Waals surface area contributed by atoms with Crippen LogP contribution in [0.2, 0.25) is 0 Å². The van der Waals surface area contributed by atoms with Crippen molar-refractivity contribution in [2.75, 3.05) is 11.1 Å². The van der Waals surface area contributed by atoms with Gasteiger partial charge in [0.25, 0.3) is 0 Å². The number of anilines is 2. The zero-order valence-corrected chi connectivity index (χ0v) is 10.1. The van der Waals surface area contributed by atoms with Crippen LogP contribution in [0.4, 0.5) is 11.9 Å². The third-order valence-electron chi connectivity index (χ3n) is 4.38. The molecule has 1 heterocycles. The molecule has 0 spiro atoms. The summed E-state index contributed by atoms with van der Waals surface area (Å²) in [6, 6.07) is 0.423. The maximum absolute atomic E-state index is 5.55. The van der Waals surface area contributed by atoms with Crippen LogP contribution in [0.3, 0.4) is 0 Å².